The van der Waals surface area contributed by atoms with E-state index in [4.69, 9.17) is 10.3 Å². The lowest BCUT2D eigenvalue weighted by Gasteiger charge is -2.21. The molecule has 66 valence electrons. The normalized spacial score (nSPS) is 12.6. The fourth-order valence-electron chi connectivity index (χ4n) is 0.989. The Balaban J connectivity index is 3.91. The molecule has 0 aliphatic carbocycles. The van der Waals surface area contributed by atoms with Crippen molar-refractivity contribution in [2.45, 2.75) is 39.2 Å². The molecule has 0 aromatic carbocycles. The van der Waals surface area contributed by atoms with Crippen LogP contribution < -0.4 is 0 Å². The zero-order valence-corrected chi connectivity index (χ0v) is 6.95. The highest BCUT2D eigenvalue weighted by Gasteiger charge is 2.18. The van der Waals surface area contributed by atoms with Gasteiger partial charge in [0.2, 0.25) is 0 Å². The van der Waals surface area contributed by atoms with E-state index in [9.17, 15) is 4.79 Å². The van der Waals surface area contributed by atoms with Crippen LogP contribution in [0, 0.1) is 0 Å². The monoisotopic (exact) mass is 161 g/mol. The third-order valence-corrected chi connectivity index (χ3v) is 1.64. The molecule has 0 saturated carbocycles. The summed E-state index contributed by atoms with van der Waals surface area (Å²) < 4.78 is 0. The summed E-state index contributed by atoms with van der Waals surface area (Å²) in [5, 5.41) is 17.7. The van der Waals surface area contributed by atoms with E-state index in [1.54, 1.807) is 0 Å². The van der Waals surface area contributed by atoms with E-state index in [1.807, 2.05) is 13.8 Å². The maximum Gasteiger partial charge on any atom is 0.431 e. The summed E-state index contributed by atoms with van der Waals surface area (Å²) in [6, 6.07) is -0.252. The molecule has 11 heavy (non-hydrogen) atoms. The van der Waals surface area contributed by atoms with E-state index in [1.165, 1.54) is 0 Å². The fourth-order valence-corrected chi connectivity index (χ4v) is 0.989. The van der Waals surface area contributed by atoms with Crippen LogP contribution in [0.25, 0.3) is 0 Å². The largest absolute Gasteiger partial charge is 0.463 e. The summed E-state index contributed by atoms with van der Waals surface area (Å²) in [4.78, 5) is 10.3. The van der Waals surface area contributed by atoms with Gasteiger partial charge in [-0.2, -0.15) is 5.06 Å². The average Bonchev–Trinajstić information content (AvgIpc) is 1.98. The molecule has 0 aromatic heterocycles. The summed E-state index contributed by atoms with van der Waals surface area (Å²) in [7, 11) is 0. The standard InChI is InChI=1S/C7H15NO3/c1-3-5-6(4-2)8(11)7(9)10/h6,11H,3-5H2,1-2H3,(H,9,10). The number of rotatable bonds is 4. The van der Waals surface area contributed by atoms with Gasteiger partial charge in [-0.3, -0.25) is 5.21 Å². The number of carbonyl (C=O) groups is 1. The van der Waals surface area contributed by atoms with Crippen LogP contribution in [-0.4, -0.2) is 27.5 Å². The number of hydrogen-bond acceptors (Lipinski definition) is 2. The second-order valence-corrected chi connectivity index (χ2v) is 2.48. The first-order valence-electron chi connectivity index (χ1n) is 3.84. The van der Waals surface area contributed by atoms with Crippen molar-refractivity contribution in [2.24, 2.45) is 0 Å². The molecule has 4 nitrogen and oxygen atoms in total. The molecule has 1 unspecified atom stereocenters. The Morgan fingerprint density at radius 1 is 1.55 bits per heavy atom. The first-order valence-corrected chi connectivity index (χ1v) is 3.84. The smallest absolute Gasteiger partial charge is 0.431 e. The molecular weight excluding hydrogens is 146 g/mol. The SMILES string of the molecule is CCCC(CC)N(O)C(=O)O. The molecule has 0 saturated heterocycles. The summed E-state index contributed by atoms with van der Waals surface area (Å²) in [6.07, 6.45) is 0.962. The van der Waals surface area contributed by atoms with Crippen LogP contribution in [0.15, 0.2) is 0 Å². The minimum atomic E-state index is -1.27. The molecular formula is C7H15NO3. The molecule has 0 radical (unpaired) electrons. The molecule has 4 heteroatoms. The second kappa shape index (κ2) is 4.96. The van der Waals surface area contributed by atoms with Crippen molar-refractivity contribution in [1.82, 2.24) is 5.06 Å². The number of carboxylic acid groups (broad SMARTS) is 1. The number of hydroxylamine groups is 2. The van der Waals surface area contributed by atoms with Crippen molar-refractivity contribution >= 4 is 6.09 Å². The van der Waals surface area contributed by atoms with E-state index in [-0.39, 0.29) is 6.04 Å². The highest BCUT2D eigenvalue weighted by Crippen LogP contribution is 2.08. The van der Waals surface area contributed by atoms with Gasteiger partial charge in [0.15, 0.2) is 0 Å². The molecule has 0 aliphatic rings. The van der Waals surface area contributed by atoms with Gasteiger partial charge in [0.05, 0.1) is 6.04 Å². The fraction of sp³-hybridized carbons (Fsp3) is 0.857. The van der Waals surface area contributed by atoms with Gasteiger partial charge < -0.3 is 5.11 Å². The minimum Gasteiger partial charge on any atom is -0.463 e. The van der Waals surface area contributed by atoms with Crippen LogP contribution in [0.3, 0.4) is 0 Å². The van der Waals surface area contributed by atoms with Crippen LogP contribution in [0.2, 0.25) is 0 Å². The predicted octanol–water partition coefficient (Wildman–Crippen LogP) is 1.93. The van der Waals surface area contributed by atoms with Gasteiger partial charge in [-0.15, -0.1) is 0 Å². The molecule has 2 N–H and O–H groups in total. The van der Waals surface area contributed by atoms with Crippen LogP contribution in [0.1, 0.15) is 33.1 Å². The van der Waals surface area contributed by atoms with Crippen molar-refractivity contribution in [3.63, 3.8) is 0 Å². The topological polar surface area (TPSA) is 60.8 Å². The maximum atomic E-state index is 10.3. The third-order valence-electron chi connectivity index (χ3n) is 1.64. The average molecular weight is 161 g/mol. The van der Waals surface area contributed by atoms with E-state index >= 15 is 0 Å². The van der Waals surface area contributed by atoms with Crippen LogP contribution in [0.4, 0.5) is 4.79 Å². The van der Waals surface area contributed by atoms with Gasteiger partial charge in [-0.05, 0) is 12.8 Å². The highest BCUT2D eigenvalue weighted by atomic mass is 16.6. The molecule has 1 atom stereocenters. The Hall–Kier alpha value is -0.770. The van der Waals surface area contributed by atoms with Crippen molar-refractivity contribution in [3.05, 3.63) is 0 Å². The predicted molar refractivity (Wildman–Crippen MR) is 40.6 cm³/mol. The molecule has 0 bridgehead atoms. The first-order chi connectivity index (χ1) is 5.13. The van der Waals surface area contributed by atoms with E-state index in [0.717, 1.165) is 6.42 Å². The van der Waals surface area contributed by atoms with Crippen LogP contribution in [-0.2, 0) is 0 Å². The highest BCUT2D eigenvalue weighted by molar-refractivity contribution is 5.63. The lowest BCUT2D eigenvalue weighted by Crippen LogP contribution is -2.35. The van der Waals surface area contributed by atoms with Gasteiger partial charge in [-0.1, -0.05) is 20.3 Å². The zero-order chi connectivity index (χ0) is 8.85. The molecule has 0 heterocycles. The molecule has 0 aromatic rings. The summed E-state index contributed by atoms with van der Waals surface area (Å²) >= 11 is 0. The summed E-state index contributed by atoms with van der Waals surface area (Å²) in [5.74, 6) is 0. The Bertz CT molecular complexity index is 127. The number of amides is 1. The molecule has 0 fully saturated rings. The minimum absolute atomic E-state index is 0.252. The number of hydrogen-bond donors (Lipinski definition) is 2. The summed E-state index contributed by atoms with van der Waals surface area (Å²) in [5.41, 5.74) is 0. The van der Waals surface area contributed by atoms with Crippen molar-refractivity contribution in [1.29, 1.82) is 0 Å². The number of nitrogens with zero attached hydrogens (tertiary/aromatic N) is 1. The van der Waals surface area contributed by atoms with Crippen molar-refractivity contribution < 1.29 is 15.1 Å². The molecule has 1 amide bonds. The first kappa shape index (κ1) is 10.2. The maximum absolute atomic E-state index is 10.3. The Morgan fingerprint density at radius 2 is 2.09 bits per heavy atom. The van der Waals surface area contributed by atoms with Crippen molar-refractivity contribution in [3.8, 4) is 0 Å². The summed E-state index contributed by atoms with van der Waals surface area (Å²) in [6.45, 7) is 3.81. The Labute approximate surface area is 66.4 Å². The van der Waals surface area contributed by atoms with Gasteiger partial charge in [-0.25, -0.2) is 4.79 Å². The van der Waals surface area contributed by atoms with E-state index < -0.39 is 6.09 Å². The van der Waals surface area contributed by atoms with Crippen LogP contribution >= 0.6 is 0 Å². The molecule has 0 rings (SSSR count). The second-order valence-electron chi connectivity index (χ2n) is 2.48. The lowest BCUT2D eigenvalue weighted by molar-refractivity contribution is -0.0989. The Morgan fingerprint density at radius 3 is 2.36 bits per heavy atom. The van der Waals surface area contributed by atoms with Crippen LogP contribution in [0.5, 0.6) is 0 Å². The van der Waals surface area contributed by atoms with Gasteiger partial charge in [0, 0.05) is 0 Å². The van der Waals surface area contributed by atoms with E-state index in [2.05, 4.69) is 0 Å². The molecule has 0 spiro atoms. The molecule has 0 aliphatic heterocycles. The van der Waals surface area contributed by atoms with Gasteiger partial charge in [0.1, 0.15) is 0 Å². The van der Waals surface area contributed by atoms with E-state index in [0.29, 0.717) is 17.9 Å². The zero-order valence-electron chi connectivity index (χ0n) is 6.95. The van der Waals surface area contributed by atoms with Crippen molar-refractivity contribution in [2.75, 3.05) is 0 Å². The third kappa shape index (κ3) is 3.23. The lowest BCUT2D eigenvalue weighted by atomic mass is 10.1. The van der Waals surface area contributed by atoms with Gasteiger partial charge in [0.25, 0.3) is 0 Å². The Kier molecular flexibility index (Phi) is 4.61. The van der Waals surface area contributed by atoms with Gasteiger partial charge >= 0.3 is 6.09 Å². The quantitative estimate of drug-likeness (QED) is 0.489.